The molecule has 1 aliphatic carbocycles. The van der Waals surface area contributed by atoms with Crippen LogP contribution in [0, 0.1) is 17.7 Å². The van der Waals surface area contributed by atoms with Crippen molar-refractivity contribution in [2.45, 2.75) is 44.4 Å². The number of amides is 1. The highest BCUT2D eigenvalue weighted by Crippen LogP contribution is 2.38. The number of carbonyl (C=O) groups excluding carboxylic acids is 1. The molecular formula is C24H29FN2O4. The van der Waals surface area contributed by atoms with Gasteiger partial charge < -0.3 is 19.2 Å². The molecule has 1 saturated carbocycles. The van der Waals surface area contributed by atoms with E-state index in [1.54, 1.807) is 18.2 Å². The fourth-order valence-electron chi connectivity index (χ4n) is 5.27. The molecule has 1 N–H and O–H groups in total. The number of benzene rings is 1. The Morgan fingerprint density at radius 3 is 2.52 bits per heavy atom. The standard InChI is InChI=1S/C24H29FN2O4/c25-18-3-5-19(6-4-18)30-23-12-17-14-27(13-16(17)11-21(23)28)24(29)22-8-7-20(31-22)15-26-9-1-2-10-26/h3-8,16-17,21,23,28H,1-2,9-15H2/t16-,17+,21+,23+/m0/s1. The fourth-order valence-corrected chi connectivity index (χ4v) is 5.27. The number of furan rings is 1. The summed E-state index contributed by atoms with van der Waals surface area (Å²) in [5, 5.41) is 10.6. The molecule has 3 heterocycles. The Bertz CT molecular complexity index is 909. The van der Waals surface area contributed by atoms with Gasteiger partial charge in [-0.2, -0.15) is 0 Å². The summed E-state index contributed by atoms with van der Waals surface area (Å²) in [7, 11) is 0. The lowest BCUT2D eigenvalue weighted by Gasteiger charge is -2.35. The highest BCUT2D eigenvalue weighted by Gasteiger charge is 2.44. The molecule has 166 valence electrons. The highest BCUT2D eigenvalue weighted by molar-refractivity contribution is 5.91. The molecule has 2 saturated heterocycles. The second-order valence-electron chi connectivity index (χ2n) is 9.13. The van der Waals surface area contributed by atoms with Gasteiger partial charge in [0.25, 0.3) is 5.91 Å². The maximum atomic E-state index is 13.1. The summed E-state index contributed by atoms with van der Waals surface area (Å²) in [6.07, 6.45) is 2.76. The van der Waals surface area contributed by atoms with Gasteiger partial charge in [-0.3, -0.25) is 9.69 Å². The van der Waals surface area contributed by atoms with E-state index in [1.165, 1.54) is 25.0 Å². The number of aliphatic hydroxyl groups is 1. The zero-order chi connectivity index (χ0) is 21.4. The van der Waals surface area contributed by atoms with Crippen molar-refractivity contribution in [3.63, 3.8) is 0 Å². The molecule has 0 spiro atoms. The number of rotatable bonds is 5. The van der Waals surface area contributed by atoms with Gasteiger partial charge >= 0.3 is 0 Å². The van der Waals surface area contributed by atoms with Crippen LogP contribution in [0.3, 0.4) is 0 Å². The van der Waals surface area contributed by atoms with E-state index in [-0.39, 0.29) is 29.7 Å². The lowest BCUT2D eigenvalue weighted by Crippen LogP contribution is -2.42. The van der Waals surface area contributed by atoms with Crippen LogP contribution in [0.4, 0.5) is 4.39 Å². The van der Waals surface area contributed by atoms with Crippen LogP contribution in [-0.2, 0) is 6.54 Å². The molecule has 3 aliphatic rings. The third kappa shape index (κ3) is 4.48. The monoisotopic (exact) mass is 428 g/mol. The summed E-state index contributed by atoms with van der Waals surface area (Å²) in [6, 6.07) is 9.55. The molecule has 2 aromatic rings. The third-order valence-corrected chi connectivity index (χ3v) is 6.92. The lowest BCUT2D eigenvalue weighted by molar-refractivity contribution is -0.0231. The number of fused-ring (bicyclic) bond motifs is 1. The van der Waals surface area contributed by atoms with E-state index in [2.05, 4.69) is 4.90 Å². The number of hydrogen-bond acceptors (Lipinski definition) is 5. The Hall–Kier alpha value is -2.38. The second-order valence-corrected chi connectivity index (χ2v) is 9.13. The van der Waals surface area contributed by atoms with E-state index in [4.69, 9.17) is 9.15 Å². The smallest absolute Gasteiger partial charge is 0.289 e. The zero-order valence-electron chi connectivity index (χ0n) is 17.6. The van der Waals surface area contributed by atoms with E-state index < -0.39 is 6.10 Å². The van der Waals surface area contributed by atoms with Crippen LogP contribution in [0.5, 0.6) is 5.75 Å². The first-order chi connectivity index (χ1) is 15.0. The highest BCUT2D eigenvalue weighted by atomic mass is 19.1. The maximum Gasteiger partial charge on any atom is 0.289 e. The first-order valence-corrected chi connectivity index (χ1v) is 11.3. The summed E-state index contributed by atoms with van der Waals surface area (Å²) in [5.41, 5.74) is 0. The SMILES string of the molecule is O=C(c1ccc(CN2CCCC2)o1)N1C[C@H]2C[C@@H](Oc3ccc(F)cc3)[C@H](O)C[C@H]2C1. The minimum Gasteiger partial charge on any atom is -0.488 e. The van der Waals surface area contributed by atoms with Gasteiger partial charge in [-0.15, -0.1) is 0 Å². The molecule has 0 unspecified atom stereocenters. The number of ether oxygens (including phenoxy) is 1. The predicted molar refractivity (Wildman–Crippen MR) is 112 cm³/mol. The Morgan fingerprint density at radius 1 is 1.06 bits per heavy atom. The quantitative estimate of drug-likeness (QED) is 0.792. The Balaban J connectivity index is 1.19. The topological polar surface area (TPSA) is 66.2 Å². The van der Waals surface area contributed by atoms with Crippen LogP contribution in [0.25, 0.3) is 0 Å². The Labute approximate surface area is 181 Å². The normalized spacial score (nSPS) is 28.6. The van der Waals surface area contributed by atoms with Gasteiger partial charge in [0.05, 0.1) is 12.6 Å². The average Bonchev–Trinajstić information content (AvgIpc) is 3.51. The molecular weight excluding hydrogens is 399 g/mol. The van der Waals surface area contributed by atoms with Gasteiger partial charge in [0.2, 0.25) is 0 Å². The van der Waals surface area contributed by atoms with Crippen molar-refractivity contribution in [3.05, 3.63) is 53.7 Å². The first-order valence-electron chi connectivity index (χ1n) is 11.3. The molecule has 4 atom stereocenters. The number of likely N-dealkylation sites (tertiary alicyclic amines) is 2. The van der Waals surface area contributed by atoms with Crippen molar-refractivity contribution in [2.24, 2.45) is 11.8 Å². The maximum absolute atomic E-state index is 13.1. The van der Waals surface area contributed by atoms with Gasteiger partial charge in [-0.1, -0.05) is 0 Å². The third-order valence-electron chi connectivity index (χ3n) is 6.92. The summed E-state index contributed by atoms with van der Waals surface area (Å²) < 4.78 is 24.9. The molecule has 7 heteroatoms. The molecule has 31 heavy (non-hydrogen) atoms. The van der Waals surface area contributed by atoms with Gasteiger partial charge in [-0.25, -0.2) is 4.39 Å². The predicted octanol–water partition coefficient (Wildman–Crippen LogP) is 3.31. The first kappa shape index (κ1) is 20.5. The van der Waals surface area contributed by atoms with E-state index in [0.717, 1.165) is 25.4 Å². The van der Waals surface area contributed by atoms with Crippen molar-refractivity contribution in [1.82, 2.24) is 9.80 Å². The van der Waals surface area contributed by atoms with Crippen LogP contribution in [-0.4, -0.2) is 59.2 Å². The molecule has 5 rings (SSSR count). The molecule has 1 aromatic carbocycles. The minimum atomic E-state index is -0.600. The lowest BCUT2D eigenvalue weighted by atomic mass is 9.78. The van der Waals surface area contributed by atoms with Gasteiger partial charge in [-0.05, 0) is 87.0 Å². The number of halogens is 1. The van der Waals surface area contributed by atoms with E-state index in [9.17, 15) is 14.3 Å². The van der Waals surface area contributed by atoms with Crippen LogP contribution in [0.1, 0.15) is 42.0 Å². The summed E-state index contributed by atoms with van der Waals surface area (Å²) >= 11 is 0. The van der Waals surface area contributed by atoms with E-state index in [0.29, 0.717) is 37.4 Å². The summed E-state index contributed by atoms with van der Waals surface area (Å²) in [5.74, 6) is 1.92. The summed E-state index contributed by atoms with van der Waals surface area (Å²) in [4.78, 5) is 17.2. The van der Waals surface area contributed by atoms with Crippen LogP contribution in [0.15, 0.2) is 40.8 Å². The van der Waals surface area contributed by atoms with E-state index >= 15 is 0 Å². The minimum absolute atomic E-state index is 0.0763. The van der Waals surface area contributed by atoms with Gasteiger partial charge in [0.15, 0.2) is 5.76 Å². The molecule has 1 aromatic heterocycles. The van der Waals surface area contributed by atoms with Crippen molar-refractivity contribution in [3.8, 4) is 5.75 Å². The molecule has 0 bridgehead atoms. The molecule has 0 radical (unpaired) electrons. The van der Waals surface area contributed by atoms with Gasteiger partial charge in [0, 0.05) is 13.1 Å². The van der Waals surface area contributed by atoms with E-state index in [1.807, 2.05) is 11.0 Å². The van der Waals surface area contributed by atoms with Crippen LogP contribution < -0.4 is 4.74 Å². The van der Waals surface area contributed by atoms with Crippen molar-refractivity contribution in [2.75, 3.05) is 26.2 Å². The number of aliphatic hydroxyl groups excluding tert-OH is 1. The molecule has 2 aliphatic heterocycles. The number of nitrogens with zero attached hydrogens (tertiary/aromatic N) is 2. The second kappa shape index (κ2) is 8.63. The zero-order valence-corrected chi connectivity index (χ0v) is 17.6. The van der Waals surface area contributed by atoms with Crippen molar-refractivity contribution < 1.29 is 23.4 Å². The Morgan fingerprint density at radius 2 is 1.77 bits per heavy atom. The van der Waals surface area contributed by atoms with Crippen molar-refractivity contribution >= 4 is 5.91 Å². The molecule has 6 nitrogen and oxygen atoms in total. The largest absolute Gasteiger partial charge is 0.488 e. The number of carbonyl (C=O) groups is 1. The Kier molecular flexibility index (Phi) is 5.71. The molecule has 1 amide bonds. The van der Waals surface area contributed by atoms with Crippen LogP contribution >= 0.6 is 0 Å². The molecule has 3 fully saturated rings. The van der Waals surface area contributed by atoms with Crippen molar-refractivity contribution in [1.29, 1.82) is 0 Å². The summed E-state index contributed by atoms with van der Waals surface area (Å²) in [6.45, 7) is 4.20. The fraction of sp³-hybridized carbons (Fsp3) is 0.542. The average molecular weight is 429 g/mol. The number of hydrogen-bond donors (Lipinski definition) is 1. The van der Waals surface area contributed by atoms with Gasteiger partial charge in [0.1, 0.15) is 23.4 Å². The van der Waals surface area contributed by atoms with Crippen LogP contribution in [0.2, 0.25) is 0 Å².